The highest BCUT2D eigenvalue weighted by molar-refractivity contribution is 7.92. The predicted octanol–water partition coefficient (Wildman–Crippen LogP) is 4.84. The Morgan fingerprint density at radius 3 is 2.36 bits per heavy atom. The lowest BCUT2D eigenvalue weighted by molar-refractivity contribution is -0.116. The molecule has 2 aromatic carbocycles. The van der Waals surface area contributed by atoms with Crippen molar-refractivity contribution in [3.63, 3.8) is 0 Å². The lowest BCUT2D eigenvalue weighted by atomic mass is 10.2. The SMILES string of the molecule is COc1ccc(N(CCCC(=O)Nc2ccc(Cl)c(Cl)c2)S(C)(=O)=O)cc1Cl. The number of nitrogens with one attached hydrogen (secondary N) is 1. The van der Waals surface area contributed by atoms with Crippen molar-refractivity contribution in [1.29, 1.82) is 0 Å². The van der Waals surface area contributed by atoms with Crippen LogP contribution in [0.25, 0.3) is 0 Å². The van der Waals surface area contributed by atoms with Crippen molar-refractivity contribution in [2.45, 2.75) is 12.8 Å². The Labute approximate surface area is 179 Å². The van der Waals surface area contributed by atoms with Crippen LogP contribution in [0.3, 0.4) is 0 Å². The maximum absolute atomic E-state index is 12.2. The molecule has 1 N–H and O–H groups in total. The predicted molar refractivity (Wildman–Crippen MR) is 115 cm³/mol. The fraction of sp³-hybridized carbons (Fsp3) is 0.278. The molecule has 10 heteroatoms. The van der Waals surface area contributed by atoms with Crippen LogP contribution < -0.4 is 14.4 Å². The zero-order valence-corrected chi connectivity index (χ0v) is 18.3. The number of amides is 1. The molecule has 0 atom stereocenters. The third kappa shape index (κ3) is 6.17. The molecule has 28 heavy (non-hydrogen) atoms. The van der Waals surface area contributed by atoms with Crippen LogP contribution in [0.15, 0.2) is 36.4 Å². The fourth-order valence-electron chi connectivity index (χ4n) is 2.48. The Balaban J connectivity index is 2.01. The number of halogens is 3. The third-order valence-electron chi connectivity index (χ3n) is 3.79. The second kappa shape index (κ2) is 9.69. The topological polar surface area (TPSA) is 75.7 Å². The van der Waals surface area contributed by atoms with Crippen LogP contribution in [0.1, 0.15) is 12.8 Å². The Bertz CT molecular complexity index is 967. The van der Waals surface area contributed by atoms with Gasteiger partial charge in [0.25, 0.3) is 0 Å². The van der Waals surface area contributed by atoms with E-state index in [9.17, 15) is 13.2 Å². The third-order valence-corrected chi connectivity index (χ3v) is 6.02. The van der Waals surface area contributed by atoms with Crippen LogP contribution in [0, 0.1) is 0 Å². The molecule has 0 aliphatic rings. The minimum atomic E-state index is -3.55. The van der Waals surface area contributed by atoms with Crippen molar-refractivity contribution in [3.05, 3.63) is 51.5 Å². The maximum Gasteiger partial charge on any atom is 0.232 e. The molecule has 0 radical (unpaired) electrons. The standard InChI is InChI=1S/C18H19Cl3N2O4S/c1-27-17-8-6-13(11-16(17)21)23(28(2,25)26)9-3-4-18(24)22-12-5-7-14(19)15(20)10-12/h5-8,10-11H,3-4,9H2,1-2H3,(H,22,24). The monoisotopic (exact) mass is 464 g/mol. The summed E-state index contributed by atoms with van der Waals surface area (Å²) >= 11 is 17.9. The van der Waals surface area contributed by atoms with Gasteiger partial charge in [-0.05, 0) is 42.8 Å². The Morgan fingerprint density at radius 1 is 1.07 bits per heavy atom. The van der Waals surface area contributed by atoms with E-state index in [-0.39, 0.29) is 18.9 Å². The summed E-state index contributed by atoms with van der Waals surface area (Å²) in [6.07, 6.45) is 1.53. The first-order valence-electron chi connectivity index (χ1n) is 8.18. The van der Waals surface area contributed by atoms with E-state index in [0.717, 1.165) is 6.26 Å². The summed E-state index contributed by atoms with van der Waals surface area (Å²) in [5.41, 5.74) is 0.916. The number of rotatable bonds is 8. The molecule has 2 rings (SSSR count). The van der Waals surface area contributed by atoms with Gasteiger partial charge in [0.15, 0.2) is 0 Å². The largest absolute Gasteiger partial charge is 0.495 e. The van der Waals surface area contributed by atoms with Crippen molar-refractivity contribution in [3.8, 4) is 5.75 Å². The van der Waals surface area contributed by atoms with Crippen LogP contribution in [0.5, 0.6) is 5.75 Å². The number of ether oxygens (including phenoxy) is 1. The van der Waals surface area contributed by atoms with E-state index < -0.39 is 10.0 Å². The van der Waals surface area contributed by atoms with Gasteiger partial charge >= 0.3 is 0 Å². The first-order chi connectivity index (χ1) is 13.1. The van der Waals surface area contributed by atoms with Crippen LogP contribution >= 0.6 is 34.8 Å². The molecule has 0 heterocycles. The van der Waals surface area contributed by atoms with Crippen LogP contribution in [-0.2, 0) is 14.8 Å². The van der Waals surface area contributed by atoms with Crippen molar-refractivity contribution in [2.75, 3.05) is 29.5 Å². The summed E-state index contributed by atoms with van der Waals surface area (Å²) in [5.74, 6) is 0.180. The highest BCUT2D eigenvalue weighted by Crippen LogP contribution is 2.30. The molecule has 2 aromatic rings. The van der Waals surface area contributed by atoms with E-state index in [1.807, 2.05) is 0 Å². The lowest BCUT2D eigenvalue weighted by Crippen LogP contribution is -2.31. The van der Waals surface area contributed by atoms with E-state index >= 15 is 0 Å². The number of carbonyl (C=O) groups excluding carboxylic acids is 1. The number of sulfonamides is 1. The van der Waals surface area contributed by atoms with E-state index in [0.29, 0.717) is 38.6 Å². The average Bonchev–Trinajstić information content (AvgIpc) is 2.61. The number of hydrogen-bond donors (Lipinski definition) is 1. The highest BCUT2D eigenvalue weighted by Gasteiger charge is 2.19. The Morgan fingerprint density at radius 2 is 1.79 bits per heavy atom. The molecule has 0 aromatic heterocycles. The van der Waals surface area contributed by atoms with Gasteiger partial charge in [-0.1, -0.05) is 34.8 Å². The summed E-state index contributed by atoms with van der Waals surface area (Å²) in [6, 6.07) is 9.46. The molecule has 0 saturated carbocycles. The van der Waals surface area contributed by atoms with Gasteiger partial charge < -0.3 is 10.1 Å². The van der Waals surface area contributed by atoms with Gasteiger partial charge in [-0.25, -0.2) is 8.42 Å². The zero-order valence-electron chi connectivity index (χ0n) is 15.2. The maximum atomic E-state index is 12.2. The van der Waals surface area contributed by atoms with Gasteiger partial charge in [0.2, 0.25) is 15.9 Å². The Kier molecular flexibility index (Phi) is 7.83. The molecule has 0 bridgehead atoms. The molecule has 1 amide bonds. The number of benzene rings is 2. The van der Waals surface area contributed by atoms with Gasteiger partial charge in [0.05, 0.1) is 34.1 Å². The summed E-state index contributed by atoms with van der Waals surface area (Å²) in [5, 5.41) is 3.72. The average molecular weight is 466 g/mol. The molecule has 0 aliphatic heterocycles. The molecular formula is C18H19Cl3N2O4S. The van der Waals surface area contributed by atoms with Crippen LogP contribution in [0.2, 0.25) is 15.1 Å². The highest BCUT2D eigenvalue weighted by atomic mass is 35.5. The van der Waals surface area contributed by atoms with Gasteiger partial charge in [0, 0.05) is 18.7 Å². The molecule has 0 fully saturated rings. The quantitative estimate of drug-likeness (QED) is 0.605. The van der Waals surface area contributed by atoms with Crippen molar-refractivity contribution >= 4 is 62.1 Å². The number of hydrogen-bond acceptors (Lipinski definition) is 4. The second-order valence-corrected chi connectivity index (χ2v) is 9.06. The van der Waals surface area contributed by atoms with Gasteiger partial charge in [-0.2, -0.15) is 0 Å². The first-order valence-corrected chi connectivity index (χ1v) is 11.2. The van der Waals surface area contributed by atoms with E-state index in [1.165, 1.54) is 17.5 Å². The van der Waals surface area contributed by atoms with Crippen molar-refractivity contribution in [2.24, 2.45) is 0 Å². The summed E-state index contributed by atoms with van der Waals surface area (Å²) in [6.45, 7) is 0.121. The fourth-order valence-corrected chi connectivity index (χ4v) is 3.98. The normalized spacial score (nSPS) is 11.2. The Hall–Kier alpha value is -1.67. The van der Waals surface area contributed by atoms with Crippen LogP contribution in [-0.4, -0.2) is 34.2 Å². The minimum absolute atomic E-state index is 0.121. The molecule has 152 valence electrons. The number of anilines is 2. The zero-order chi connectivity index (χ0) is 20.9. The van der Waals surface area contributed by atoms with Crippen molar-refractivity contribution < 1.29 is 17.9 Å². The first kappa shape index (κ1) is 22.6. The molecular weight excluding hydrogens is 447 g/mol. The summed E-state index contributed by atoms with van der Waals surface area (Å²) < 4.78 is 30.6. The molecule has 0 unspecified atom stereocenters. The number of methoxy groups -OCH3 is 1. The lowest BCUT2D eigenvalue weighted by Gasteiger charge is -2.23. The summed E-state index contributed by atoms with van der Waals surface area (Å²) in [7, 11) is -2.08. The van der Waals surface area contributed by atoms with Crippen LogP contribution in [0.4, 0.5) is 11.4 Å². The van der Waals surface area contributed by atoms with Gasteiger partial charge in [-0.3, -0.25) is 9.10 Å². The molecule has 0 saturated heterocycles. The second-order valence-electron chi connectivity index (χ2n) is 5.93. The minimum Gasteiger partial charge on any atom is -0.495 e. The summed E-state index contributed by atoms with van der Waals surface area (Å²) in [4.78, 5) is 12.1. The number of nitrogens with zero attached hydrogens (tertiary/aromatic N) is 1. The molecule has 0 aliphatic carbocycles. The molecule has 0 spiro atoms. The van der Waals surface area contributed by atoms with E-state index in [1.54, 1.807) is 30.3 Å². The molecule has 6 nitrogen and oxygen atoms in total. The number of carbonyl (C=O) groups is 1. The van der Waals surface area contributed by atoms with Gasteiger partial charge in [-0.15, -0.1) is 0 Å². The van der Waals surface area contributed by atoms with E-state index in [2.05, 4.69) is 5.32 Å². The van der Waals surface area contributed by atoms with E-state index in [4.69, 9.17) is 39.5 Å². The smallest absolute Gasteiger partial charge is 0.232 e. The van der Waals surface area contributed by atoms with Gasteiger partial charge in [0.1, 0.15) is 5.75 Å². The van der Waals surface area contributed by atoms with Crippen molar-refractivity contribution in [1.82, 2.24) is 0 Å².